The van der Waals surface area contributed by atoms with Crippen LogP contribution >= 0.6 is 34.7 Å². The van der Waals surface area contributed by atoms with Crippen molar-refractivity contribution in [1.29, 1.82) is 0 Å². The minimum Gasteiger partial charge on any atom is -0.271 e. The molecule has 0 amide bonds. The second-order valence-electron chi connectivity index (χ2n) is 3.48. The summed E-state index contributed by atoms with van der Waals surface area (Å²) in [6.45, 7) is 0. The molecule has 5 heteroatoms. The van der Waals surface area contributed by atoms with E-state index in [-0.39, 0.29) is 6.04 Å². The molecule has 0 bridgehead atoms. The third-order valence-corrected chi connectivity index (χ3v) is 4.60. The van der Waals surface area contributed by atoms with Crippen LogP contribution in [0.15, 0.2) is 41.3 Å². The normalized spacial score (nSPS) is 12.6. The van der Waals surface area contributed by atoms with E-state index < -0.39 is 0 Å². The molecule has 0 aliphatic rings. The zero-order chi connectivity index (χ0) is 12.3. The zero-order valence-electron chi connectivity index (χ0n) is 9.31. The van der Waals surface area contributed by atoms with Crippen LogP contribution in [0.4, 0.5) is 0 Å². The summed E-state index contributed by atoms with van der Waals surface area (Å²) in [6.07, 6.45) is 2.06. The lowest BCUT2D eigenvalue weighted by atomic mass is 10.1. The summed E-state index contributed by atoms with van der Waals surface area (Å²) < 4.78 is 0.780. The lowest BCUT2D eigenvalue weighted by Gasteiger charge is -2.17. The van der Waals surface area contributed by atoms with E-state index >= 15 is 0 Å². The van der Waals surface area contributed by atoms with Crippen LogP contribution in [-0.4, -0.2) is 6.26 Å². The van der Waals surface area contributed by atoms with E-state index in [1.54, 1.807) is 23.1 Å². The van der Waals surface area contributed by atoms with E-state index in [2.05, 4.69) is 23.8 Å². The molecule has 1 unspecified atom stereocenters. The molecule has 0 aliphatic heterocycles. The van der Waals surface area contributed by atoms with Crippen LogP contribution in [-0.2, 0) is 0 Å². The first-order chi connectivity index (χ1) is 8.26. The van der Waals surface area contributed by atoms with Gasteiger partial charge in [-0.15, -0.1) is 23.1 Å². The number of halogens is 1. The first kappa shape index (κ1) is 12.9. The number of benzene rings is 1. The van der Waals surface area contributed by atoms with E-state index in [4.69, 9.17) is 17.4 Å². The molecule has 0 aliphatic carbocycles. The molecule has 90 valence electrons. The number of thioether (sulfide) groups is 1. The van der Waals surface area contributed by atoms with Crippen molar-refractivity contribution in [2.24, 2.45) is 5.84 Å². The lowest BCUT2D eigenvalue weighted by molar-refractivity contribution is 0.637. The molecule has 1 atom stereocenters. The molecule has 2 rings (SSSR count). The smallest absolute Gasteiger partial charge is 0.0931 e. The maximum absolute atomic E-state index is 5.97. The average Bonchev–Trinajstić information content (AvgIpc) is 2.77. The number of nitrogens with two attached hydrogens (primary N) is 1. The molecule has 1 heterocycles. The minimum absolute atomic E-state index is 0.00356. The fourth-order valence-corrected chi connectivity index (χ4v) is 3.49. The third kappa shape index (κ3) is 2.84. The third-order valence-electron chi connectivity index (χ3n) is 2.50. The predicted octanol–water partition coefficient (Wildman–Crippen LogP) is 3.68. The molecule has 1 aromatic heterocycles. The second kappa shape index (κ2) is 5.89. The first-order valence-electron chi connectivity index (χ1n) is 5.10. The van der Waals surface area contributed by atoms with Gasteiger partial charge in [-0.25, -0.2) is 5.43 Å². The van der Waals surface area contributed by atoms with E-state index in [9.17, 15) is 0 Å². The van der Waals surface area contributed by atoms with Crippen LogP contribution in [0, 0.1) is 0 Å². The molecule has 2 aromatic rings. The predicted molar refractivity (Wildman–Crippen MR) is 76.7 cm³/mol. The Bertz CT molecular complexity index is 499. The summed E-state index contributed by atoms with van der Waals surface area (Å²) in [7, 11) is 0. The van der Waals surface area contributed by atoms with Gasteiger partial charge in [-0.3, -0.25) is 5.84 Å². The molecule has 0 radical (unpaired) electrons. The van der Waals surface area contributed by atoms with Gasteiger partial charge in [-0.1, -0.05) is 29.8 Å². The highest BCUT2D eigenvalue weighted by Crippen LogP contribution is 2.34. The molecule has 1 aromatic carbocycles. The quantitative estimate of drug-likeness (QED) is 0.511. The van der Waals surface area contributed by atoms with Crippen molar-refractivity contribution in [2.45, 2.75) is 10.9 Å². The Hall–Kier alpha value is -0.520. The highest BCUT2D eigenvalue weighted by atomic mass is 35.5. The Morgan fingerprint density at radius 1 is 1.29 bits per heavy atom. The summed E-state index contributed by atoms with van der Waals surface area (Å²) in [5.74, 6) is 5.67. The van der Waals surface area contributed by atoms with Gasteiger partial charge in [0, 0.05) is 9.77 Å². The molecule has 0 spiro atoms. The molecule has 0 fully saturated rings. The number of hydrogen-bond donors (Lipinski definition) is 2. The minimum atomic E-state index is -0.00356. The molecular weight excluding hydrogens is 272 g/mol. The number of rotatable bonds is 4. The van der Waals surface area contributed by atoms with Gasteiger partial charge in [0.15, 0.2) is 0 Å². The van der Waals surface area contributed by atoms with E-state index in [1.807, 2.05) is 24.3 Å². The summed E-state index contributed by atoms with van der Waals surface area (Å²) in [5.41, 5.74) is 4.04. The van der Waals surface area contributed by atoms with Gasteiger partial charge < -0.3 is 0 Å². The van der Waals surface area contributed by atoms with E-state index in [1.165, 1.54) is 10.5 Å². The van der Waals surface area contributed by atoms with Crippen LogP contribution in [0.1, 0.15) is 16.5 Å². The molecule has 0 saturated carbocycles. The molecule has 0 saturated heterocycles. The van der Waals surface area contributed by atoms with Gasteiger partial charge >= 0.3 is 0 Å². The monoisotopic (exact) mass is 284 g/mol. The largest absolute Gasteiger partial charge is 0.271 e. The Kier molecular flexibility index (Phi) is 4.48. The van der Waals surface area contributed by atoms with Gasteiger partial charge in [0.1, 0.15) is 0 Å². The van der Waals surface area contributed by atoms with Gasteiger partial charge in [0.25, 0.3) is 0 Å². The first-order valence-corrected chi connectivity index (χ1v) is 7.52. The topological polar surface area (TPSA) is 38.0 Å². The van der Waals surface area contributed by atoms with Crippen LogP contribution in [0.25, 0.3) is 0 Å². The van der Waals surface area contributed by atoms with Crippen LogP contribution < -0.4 is 11.3 Å². The zero-order valence-corrected chi connectivity index (χ0v) is 11.7. The highest BCUT2D eigenvalue weighted by molar-refractivity contribution is 7.98. The van der Waals surface area contributed by atoms with Crippen LogP contribution in [0.2, 0.25) is 4.34 Å². The summed E-state index contributed by atoms with van der Waals surface area (Å²) in [5, 5.41) is 0. The second-order valence-corrected chi connectivity index (χ2v) is 6.08. The molecule has 17 heavy (non-hydrogen) atoms. The summed E-state index contributed by atoms with van der Waals surface area (Å²) in [6, 6.07) is 12.1. The Labute approximate surface area is 114 Å². The lowest BCUT2D eigenvalue weighted by Crippen LogP contribution is -2.28. The number of thiophene rings is 1. The van der Waals surface area contributed by atoms with Gasteiger partial charge in [0.2, 0.25) is 0 Å². The van der Waals surface area contributed by atoms with E-state index in [0.29, 0.717) is 0 Å². The fraction of sp³-hybridized carbons (Fsp3) is 0.167. The summed E-state index contributed by atoms with van der Waals surface area (Å²) >= 11 is 9.23. The van der Waals surface area contributed by atoms with Gasteiger partial charge in [-0.05, 0) is 30.0 Å². The Morgan fingerprint density at radius 2 is 2.06 bits per heavy atom. The Balaban J connectivity index is 2.41. The maximum atomic E-state index is 5.97. The summed E-state index contributed by atoms with van der Waals surface area (Å²) in [4.78, 5) is 2.35. The number of nitrogens with one attached hydrogen (secondary N) is 1. The van der Waals surface area contributed by atoms with Crippen molar-refractivity contribution in [1.82, 2.24) is 5.43 Å². The van der Waals surface area contributed by atoms with Gasteiger partial charge in [0.05, 0.1) is 10.4 Å². The number of hydrogen-bond acceptors (Lipinski definition) is 4. The fourth-order valence-electron chi connectivity index (χ4n) is 1.71. The molecular formula is C12H13ClN2S2. The van der Waals surface area contributed by atoms with Crippen LogP contribution in [0.3, 0.4) is 0 Å². The van der Waals surface area contributed by atoms with Gasteiger partial charge in [-0.2, -0.15) is 0 Å². The molecule has 2 nitrogen and oxygen atoms in total. The number of hydrazine groups is 1. The Morgan fingerprint density at radius 3 is 2.65 bits per heavy atom. The van der Waals surface area contributed by atoms with E-state index in [0.717, 1.165) is 9.21 Å². The average molecular weight is 285 g/mol. The standard InChI is InChI=1S/C12H13ClN2S2/c1-16-9-5-3-2-4-8(9)12(15-14)10-6-7-11(13)17-10/h2-7,12,15H,14H2,1H3. The van der Waals surface area contributed by atoms with Crippen LogP contribution in [0.5, 0.6) is 0 Å². The maximum Gasteiger partial charge on any atom is 0.0931 e. The van der Waals surface area contributed by atoms with Crippen molar-refractivity contribution in [3.8, 4) is 0 Å². The SMILES string of the molecule is CSc1ccccc1C(NN)c1ccc(Cl)s1. The van der Waals surface area contributed by atoms with Crippen molar-refractivity contribution < 1.29 is 0 Å². The van der Waals surface area contributed by atoms with Crippen molar-refractivity contribution >= 4 is 34.7 Å². The molecule has 3 N–H and O–H groups in total. The van der Waals surface area contributed by atoms with Crippen molar-refractivity contribution in [3.05, 3.63) is 51.2 Å². The van der Waals surface area contributed by atoms with Crippen molar-refractivity contribution in [2.75, 3.05) is 6.26 Å². The van der Waals surface area contributed by atoms with Crippen molar-refractivity contribution in [3.63, 3.8) is 0 Å². The highest BCUT2D eigenvalue weighted by Gasteiger charge is 2.17.